The molecule has 80 valence electrons. The molecule has 0 saturated heterocycles. The maximum absolute atomic E-state index is 8.92. The molecule has 0 spiro atoms. The summed E-state index contributed by atoms with van der Waals surface area (Å²) >= 11 is 6.02. The van der Waals surface area contributed by atoms with Crippen LogP contribution in [0.25, 0.3) is 0 Å². The zero-order valence-corrected chi connectivity index (χ0v) is 8.74. The Morgan fingerprint density at radius 1 is 1.43 bits per heavy atom. The second kappa shape index (κ2) is 4.94. The fourth-order valence-corrected chi connectivity index (χ4v) is 2.18. The highest BCUT2D eigenvalue weighted by Gasteiger charge is 2.35. The van der Waals surface area contributed by atoms with Crippen LogP contribution in [0.4, 0.5) is 0 Å². The molecule has 2 unspecified atom stereocenters. The van der Waals surface area contributed by atoms with Gasteiger partial charge in [0, 0.05) is 29.7 Å². The van der Waals surface area contributed by atoms with Crippen LogP contribution < -0.4 is 5.73 Å². The molecule has 14 heavy (non-hydrogen) atoms. The number of halogens is 1. The summed E-state index contributed by atoms with van der Waals surface area (Å²) in [6.07, 6.45) is 6.40. The molecule has 0 aromatic heterocycles. The first-order valence-corrected chi connectivity index (χ1v) is 5.07. The number of rotatable bonds is 4. The smallest absolute Gasteiger partial charge is 0.0451 e. The Labute approximate surface area is 88.9 Å². The van der Waals surface area contributed by atoms with E-state index in [9.17, 15) is 0 Å². The molecule has 1 rings (SSSR count). The van der Waals surface area contributed by atoms with Gasteiger partial charge in [-0.05, 0) is 18.9 Å². The SMILES string of the molecule is NC1(CCO)C=CC=C(Cl)C1CCO. The molecule has 0 aliphatic heterocycles. The minimum absolute atomic E-state index is 0.0208. The molecule has 0 aromatic carbocycles. The number of hydrogen-bond acceptors (Lipinski definition) is 3. The Bertz CT molecular complexity index is 253. The third kappa shape index (κ3) is 2.36. The molecule has 3 nitrogen and oxygen atoms in total. The Morgan fingerprint density at radius 2 is 2.14 bits per heavy atom. The average molecular weight is 218 g/mol. The quantitative estimate of drug-likeness (QED) is 0.651. The number of aliphatic hydroxyl groups is 2. The molecule has 2 atom stereocenters. The monoisotopic (exact) mass is 217 g/mol. The van der Waals surface area contributed by atoms with Gasteiger partial charge in [0.05, 0.1) is 0 Å². The lowest BCUT2D eigenvalue weighted by atomic mass is 9.77. The topological polar surface area (TPSA) is 66.5 Å². The second-order valence-electron chi connectivity index (χ2n) is 3.56. The van der Waals surface area contributed by atoms with E-state index < -0.39 is 5.54 Å². The van der Waals surface area contributed by atoms with Crippen LogP contribution in [0.15, 0.2) is 23.3 Å². The molecule has 4 N–H and O–H groups in total. The van der Waals surface area contributed by atoms with Crippen molar-refractivity contribution in [2.45, 2.75) is 18.4 Å². The molecule has 0 heterocycles. The lowest BCUT2D eigenvalue weighted by Gasteiger charge is -2.36. The number of nitrogens with two attached hydrogens (primary N) is 1. The van der Waals surface area contributed by atoms with Gasteiger partial charge < -0.3 is 15.9 Å². The summed E-state index contributed by atoms with van der Waals surface area (Å²) in [5.74, 6) is -0.0914. The van der Waals surface area contributed by atoms with Crippen LogP contribution in [0.5, 0.6) is 0 Å². The average Bonchev–Trinajstić information content (AvgIpc) is 2.12. The highest BCUT2D eigenvalue weighted by Crippen LogP contribution is 2.35. The predicted octanol–water partition coefficient (Wildman–Crippen LogP) is 0.757. The Morgan fingerprint density at radius 3 is 2.71 bits per heavy atom. The van der Waals surface area contributed by atoms with Crippen LogP contribution in [0, 0.1) is 5.92 Å². The van der Waals surface area contributed by atoms with Crippen molar-refractivity contribution in [1.82, 2.24) is 0 Å². The van der Waals surface area contributed by atoms with E-state index in [0.717, 1.165) is 0 Å². The van der Waals surface area contributed by atoms with Gasteiger partial charge in [-0.2, -0.15) is 0 Å². The van der Waals surface area contributed by atoms with Crippen molar-refractivity contribution in [3.05, 3.63) is 23.3 Å². The zero-order chi connectivity index (χ0) is 10.6. The van der Waals surface area contributed by atoms with Gasteiger partial charge in [0.15, 0.2) is 0 Å². The van der Waals surface area contributed by atoms with Crippen LogP contribution in [0.2, 0.25) is 0 Å². The predicted molar refractivity (Wildman–Crippen MR) is 56.9 cm³/mol. The highest BCUT2D eigenvalue weighted by atomic mass is 35.5. The summed E-state index contributed by atoms with van der Waals surface area (Å²) < 4.78 is 0. The summed E-state index contributed by atoms with van der Waals surface area (Å²) in [6.45, 7) is 0.0693. The third-order valence-corrected chi connectivity index (χ3v) is 3.00. The van der Waals surface area contributed by atoms with Crippen molar-refractivity contribution < 1.29 is 10.2 Å². The van der Waals surface area contributed by atoms with Gasteiger partial charge in [0.1, 0.15) is 0 Å². The van der Waals surface area contributed by atoms with Crippen molar-refractivity contribution >= 4 is 11.6 Å². The van der Waals surface area contributed by atoms with Gasteiger partial charge in [-0.15, -0.1) is 0 Å². The standard InChI is InChI=1S/C10H16ClNO2/c11-9-2-1-4-10(12,5-7-14)8(9)3-6-13/h1-2,4,8,13-14H,3,5-7,12H2. The fraction of sp³-hybridized carbons (Fsp3) is 0.600. The summed E-state index contributed by atoms with van der Waals surface area (Å²) in [5, 5.41) is 18.5. The van der Waals surface area contributed by atoms with Gasteiger partial charge in [-0.1, -0.05) is 23.8 Å². The van der Waals surface area contributed by atoms with Crippen molar-refractivity contribution in [2.24, 2.45) is 11.7 Å². The van der Waals surface area contributed by atoms with Gasteiger partial charge in [-0.25, -0.2) is 0 Å². The van der Waals surface area contributed by atoms with E-state index in [1.807, 2.05) is 6.08 Å². The molecule has 1 aliphatic carbocycles. The van der Waals surface area contributed by atoms with Crippen molar-refractivity contribution in [1.29, 1.82) is 0 Å². The second-order valence-corrected chi connectivity index (χ2v) is 4.00. The summed E-state index contributed by atoms with van der Waals surface area (Å²) in [6, 6.07) is 0. The molecular weight excluding hydrogens is 202 g/mol. The maximum Gasteiger partial charge on any atom is 0.0451 e. The maximum atomic E-state index is 8.92. The minimum atomic E-state index is -0.622. The van der Waals surface area contributed by atoms with Crippen LogP contribution in [0.1, 0.15) is 12.8 Å². The molecule has 0 aromatic rings. The van der Waals surface area contributed by atoms with Gasteiger partial charge in [0.25, 0.3) is 0 Å². The highest BCUT2D eigenvalue weighted by molar-refractivity contribution is 6.30. The number of aliphatic hydroxyl groups excluding tert-OH is 2. The third-order valence-electron chi connectivity index (χ3n) is 2.61. The lowest BCUT2D eigenvalue weighted by Crippen LogP contribution is -2.47. The van der Waals surface area contributed by atoms with Gasteiger partial charge >= 0.3 is 0 Å². The molecule has 1 aliphatic rings. The molecular formula is C10H16ClNO2. The Kier molecular flexibility index (Phi) is 4.13. The van der Waals surface area contributed by atoms with Crippen molar-refractivity contribution in [3.8, 4) is 0 Å². The first-order valence-electron chi connectivity index (χ1n) is 4.69. The summed E-state index contributed by atoms with van der Waals surface area (Å²) in [7, 11) is 0. The first-order chi connectivity index (χ1) is 6.64. The van der Waals surface area contributed by atoms with Crippen LogP contribution in [-0.2, 0) is 0 Å². The Hall–Kier alpha value is -0.350. The van der Waals surface area contributed by atoms with E-state index in [1.165, 1.54) is 0 Å². The van der Waals surface area contributed by atoms with Gasteiger partial charge in [0.2, 0.25) is 0 Å². The molecule has 0 amide bonds. The molecule has 0 radical (unpaired) electrons. The largest absolute Gasteiger partial charge is 0.396 e. The number of hydrogen-bond donors (Lipinski definition) is 3. The fourth-order valence-electron chi connectivity index (χ4n) is 1.80. The van der Waals surface area contributed by atoms with E-state index in [-0.39, 0.29) is 19.1 Å². The van der Waals surface area contributed by atoms with Crippen LogP contribution in [0.3, 0.4) is 0 Å². The van der Waals surface area contributed by atoms with E-state index in [2.05, 4.69) is 0 Å². The molecule has 0 bridgehead atoms. The summed E-state index contributed by atoms with van der Waals surface area (Å²) in [5.41, 5.74) is 5.49. The minimum Gasteiger partial charge on any atom is -0.396 e. The normalized spacial score (nSPS) is 31.7. The summed E-state index contributed by atoms with van der Waals surface area (Å²) in [4.78, 5) is 0. The number of allylic oxidation sites excluding steroid dienone is 2. The molecule has 0 fully saturated rings. The van der Waals surface area contributed by atoms with Gasteiger partial charge in [-0.3, -0.25) is 0 Å². The first kappa shape index (κ1) is 11.7. The molecule has 4 heteroatoms. The lowest BCUT2D eigenvalue weighted by molar-refractivity contribution is 0.202. The van der Waals surface area contributed by atoms with E-state index in [4.69, 9.17) is 27.5 Å². The van der Waals surface area contributed by atoms with Crippen molar-refractivity contribution in [3.63, 3.8) is 0 Å². The molecule has 0 saturated carbocycles. The van der Waals surface area contributed by atoms with Crippen LogP contribution >= 0.6 is 11.6 Å². The Balaban J connectivity index is 2.82. The van der Waals surface area contributed by atoms with E-state index >= 15 is 0 Å². The van der Waals surface area contributed by atoms with Crippen molar-refractivity contribution in [2.75, 3.05) is 13.2 Å². The zero-order valence-electron chi connectivity index (χ0n) is 7.99. The van der Waals surface area contributed by atoms with Crippen LogP contribution in [-0.4, -0.2) is 29.0 Å². The van der Waals surface area contributed by atoms with E-state index in [0.29, 0.717) is 17.9 Å². The van der Waals surface area contributed by atoms with E-state index in [1.54, 1.807) is 12.2 Å².